The van der Waals surface area contributed by atoms with E-state index in [9.17, 15) is 13.2 Å². The summed E-state index contributed by atoms with van der Waals surface area (Å²) in [7, 11) is 0. The van der Waals surface area contributed by atoms with Crippen LogP contribution in [0.1, 0.15) is 16.7 Å². The lowest BCUT2D eigenvalue weighted by Gasteiger charge is -2.30. The molecule has 9 heteroatoms. The third-order valence-corrected chi connectivity index (χ3v) is 5.37. The van der Waals surface area contributed by atoms with Crippen LogP contribution in [0.5, 0.6) is 0 Å². The maximum atomic E-state index is 12.7. The van der Waals surface area contributed by atoms with Crippen molar-refractivity contribution < 1.29 is 17.9 Å². The Hall–Kier alpha value is -2.55. The first-order valence-corrected chi connectivity index (χ1v) is 10.3. The molecule has 31 heavy (non-hydrogen) atoms. The fourth-order valence-corrected chi connectivity index (χ4v) is 3.74. The highest BCUT2D eigenvalue weighted by molar-refractivity contribution is 6.30. The van der Waals surface area contributed by atoms with Gasteiger partial charge in [0.25, 0.3) is 0 Å². The van der Waals surface area contributed by atoms with Gasteiger partial charge in [-0.25, -0.2) is 4.68 Å². The minimum absolute atomic E-state index is 0.565. The summed E-state index contributed by atoms with van der Waals surface area (Å²) in [5.41, 5.74) is 3.06. The fraction of sp³-hybridized carbons (Fsp3) is 0.318. The summed E-state index contributed by atoms with van der Waals surface area (Å²) in [6, 6.07) is 10.8. The Kier molecular flexibility index (Phi) is 6.50. The highest BCUT2D eigenvalue weighted by atomic mass is 35.5. The van der Waals surface area contributed by atoms with Crippen LogP contribution >= 0.6 is 11.6 Å². The van der Waals surface area contributed by atoms with Gasteiger partial charge in [0, 0.05) is 48.6 Å². The number of anilines is 1. The van der Waals surface area contributed by atoms with Crippen LogP contribution in [-0.4, -0.2) is 36.1 Å². The lowest BCUT2D eigenvalue weighted by Crippen LogP contribution is -2.37. The molecule has 0 unspecified atom stereocenters. The molecule has 0 amide bonds. The lowest BCUT2D eigenvalue weighted by molar-refractivity contribution is -0.137. The maximum Gasteiger partial charge on any atom is 0.416 e. The quantitative estimate of drug-likeness (QED) is 0.592. The molecular weight excluding hydrogens is 429 g/mol. The summed E-state index contributed by atoms with van der Waals surface area (Å²) in [5, 5.41) is 8.35. The van der Waals surface area contributed by atoms with Crippen molar-refractivity contribution in [3.05, 3.63) is 76.6 Å². The zero-order valence-electron chi connectivity index (χ0n) is 16.7. The molecule has 0 aliphatic carbocycles. The molecule has 1 saturated heterocycles. The first-order chi connectivity index (χ1) is 14.9. The van der Waals surface area contributed by atoms with Gasteiger partial charge < -0.3 is 15.0 Å². The Bertz CT molecular complexity index is 1010. The van der Waals surface area contributed by atoms with E-state index in [1.807, 2.05) is 18.2 Å². The predicted molar refractivity (Wildman–Crippen MR) is 114 cm³/mol. The van der Waals surface area contributed by atoms with E-state index >= 15 is 0 Å². The van der Waals surface area contributed by atoms with Gasteiger partial charge in [0.2, 0.25) is 0 Å². The molecule has 0 bridgehead atoms. The van der Waals surface area contributed by atoms with Crippen molar-refractivity contribution in [1.82, 2.24) is 15.1 Å². The van der Waals surface area contributed by atoms with Crippen molar-refractivity contribution in [1.29, 1.82) is 0 Å². The lowest BCUT2D eigenvalue weighted by atomic mass is 10.1. The molecule has 0 radical (unpaired) electrons. The van der Waals surface area contributed by atoms with Gasteiger partial charge in [0.15, 0.2) is 0 Å². The highest BCUT2D eigenvalue weighted by Gasteiger charge is 2.30. The van der Waals surface area contributed by atoms with Crippen molar-refractivity contribution in [2.24, 2.45) is 0 Å². The number of hydrogen-bond acceptors (Lipinski definition) is 4. The molecule has 2 heterocycles. The molecule has 0 saturated carbocycles. The van der Waals surface area contributed by atoms with Crippen LogP contribution in [0, 0.1) is 0 Å². The van der Waals surface area contributed by atoms with Crippen LogP contribution in [0.3, 0.4) is 0 Å². The van der Waals surface area contributed by atoms with Gasteiger partial charge in [0.05, 0.1) is 30.7 Å². The number of morpholine rings is 1. The van der Waals surface area contributed by atoms with Crippen molar-refractivity contribution in [2.45, 2.75) is 19.3 Å². The second-order valence-corrected chi connectivity index (χ2v) is 7.75. The molecular formula is C22H22ClF3N4O. The number of rotatable bonds is 6. The first-order valence-electron chi connectivity index (χ1n) is 9.93. The van der Waals surface area contributed by atoms with E-state index in [0.717, 1.165) is 42.0 Å². The summed E-state index contributed by atoms with van der Waals surface area (Å²) in [4.78, 5) is 2.29. The molecule has 2 aromatic carbocycles. The minimum Gasteiger partial charge on any atom is -0.378 e. The average molecular weight is 451 g/mol. The Labute approximate surface area is 183 Å². The van der Waals surface area contributed by atoms with Gasteiger partial charge >= 0.3 is 6.18 Å². The fourth-order valence-electron chi connectivity index (χ4n) is 3.55. The van der Waals surface area contributed by atoms with Gasteiger partial charge in [-0.3, -0.25) is 0 Å². The van der Waals surface area contributed by atoms with Crippen LogP contribution in [0.25, 0.3) is 5.69 Å². The van der Waals surface area contributed by atoms with E-state index in [-0.39, 0.29) is 0 Å². The summed E-state index contributed by atoms with van der Waals surface area (Å²) >= 11 is 6.21. The Balaban J connectivity index is 1.39. The second kappa shape index (κ2) is 9.30. The molecule has 1 aliphatic rings. The topological polar surface area (TPSA) is 42.3 Å². The standard InChI is InChI=1S/C22H22ClF3N4O/c23-19-3-6-21(29-7-9-31-10-8-29)17(11-19)14-27-12-16-13-28-30(15-16)20-4-1-18(2-5-20)22(24,25)26/h1-6,11,13,15,27H,7-10,12,14H2. The normalized spacial score (nSPS) is 14.8. The van der Waals surface area contributed by atoms with Crippen molar-refractivity contribution >= 4 is 17.3 Å². The largest absolute Gasteiger partial charge is 0.416 e. The summed E-state index contributed by atoms with van der Waals surface area (Å²) in [6.07, 6.45) is -0.847. The van der Waals surface area contributed by atoms with E-state index < -0.39 is 11.7 Å². The van der Waals surface area contributed by atoms with Gasteiger partial charge in [0.1, 0.15) is 0 Å². The zero-order valence-corrected chi connectivity index (χ0v) is 17.5. The van der Waals surface area contributed by atoms with Crippen LogP contribution in [-0.2, 0) is 24.0 Å². The Morgan fingerprint density at radius 3 is 2.48 bits per heavy atom. The minimum atomic E-state index is -4.35. The molecule has 0 atom stereocenters. The summed E-state index contributed by atoms with van der Waals surface area (Å²) < 4.78 is 45.2. The number of hydrogen-bond donors (Lipinski definition) is 1. The number of ether oxygens (including phenoxy) is 1. The smallest absolute Gasteiger partial charge is 0.378 e. The number of benzene rings is 2. The van der Waals surface area contributed by atoms with Crippen LogP contribution in [0.2, 0.25) is 5.02 Å². The van der Waals surface area contributed by atoms with Gasteiger partial charge in [-0.15, -0.1) is 0 Å². The molecule has 0 spiro atoms. The Morgan fingerprint density at radius 2 is 1.77 bits per heavy atom. The third-order valence-electron chi connectivity index (χ3n) is 5.13. The van der Waals surface area contributed by atoms with Gasteiger partial charge in [-0.05, 0) is 48.0 Å². The van der Waals surface area contributed by atoms with Gasteiger partial charge in [-0.1, -0.05) is 11.6 Å². The molecule has 1 aliphatic heterocycles. The number of alkyl halides is 3. The first kappa shape index (κ1) is 21.7. The predicted octanol–water partition coefficient (Wildman–Crippen LogP) is 4.67. The zero-order chi connectivity index (χ0) is 21.8. The number of nitrogens with zero attached hydrogens (tertiary/aromatic N) is 3. The number of aromatic nitrogens is 2. The molecule has 1 fully saturated rings. The van der Waals surface area contributed by atoms with Crippen molar-refractivity contribution in [3.63, 3.8) is 0 Å². The molecule has 1 aromatic heterocycles. The van der Waals surface area contributed by atoms with Crippen molar-refractivity contribution in [3.8, 4) is 5.69 Å². The molecule has 3 aromatic rings. The maximum absolute atomic E-state index is 12.7. The van der Waals surface area contributed by atoms with E-state index in [0.29, 0.717) is 37.0 Å². The highest BCUT2D eigenvalue weighted by Crippen LogP contribution is 2.29. The van der Waals surface area contributed by atoms with Crippen LogP contribution in [0.15, 0.2) is 54.9 Å². The average Bonchev–Trinajstić information content (AvgIpc) is 3.23. The molecule has 4 rings (SSSR count). The van der Waals surface area contributed by atoms with E-state index in [1.165, 1.54) is 12.1 Å². The number of halogens is 4. The summed E-state index contributed by atoms with van der Waals surface area (Å²) in [5.74, 6) is 0. The molecule has 164 valence electrons. The monoisotopic (exact) mass is 450 g/mol. The second-order valence-electron chi connectivity index (χ2n) is 7.31. The van der Waals surface area contributed by atoms with E-state index in [4.69, 9.17) is 16.3 Å². The third kappa shape index (κ3) is 5.39. The molecule has 5 nitrogen and oxygen atoms in total. The summed E-state index contributed by atoms with van der Waals surface area (Å²) in [6.45, 7) is 4.29. The SMILES string of the molecule is FC(F)(F)c1ccc(-n2cc(CNCc3cc(Cl)ccc3N3CCOCC3)cn2)cc1. The van der Waals surface area contributed by atoms with Crippen LogP contribution in [0.4, 0.5) is 18.9 Å². The molecule has 1 N–H and O–H groups in total. The van der Waals surface area contributed by atoms with E-state index in [2.05, 4.69) is 15.3 Å². The van der Waals surface area contributed by atoms with E-state index in [1.54, 1.807) is 17.1 Å². The van der Waals surface area contributed by atoms with Crippen LogP contribution < -0.4 is 10.2 Å². The Morgan fingerprint density at radius 1 is 1.03 bits per heavy atom. The van der Waals surface area contributed by atoms with Crippen molar-refractivity contribution in [2.75, 3.05) is 31.2 Å². The van der Waals surface area contributed by atoms with Gasteiger partial charge in [-0.2, -0.15) is 18.3 Å². The number of nitrogens with one attached hydrogen (secondary N) is 1.